The Labute approximate surface area is 102 Å². The summed E-state index contributed by atoms with van der Waals surface area (Å²) in [6.07, 6.45) is 2.85. The number of hydrogen-bond donors (Lipinski definition) is 0. The average Bonchev–Trinajstić information content (AvgIpc) is 2.40. The molecule has 0 spiro atoms. The van der Waals surface area contributed by atoms with Crippen molar-refractivity contribution >= 4 is 5.95 Å². The molecular weight excluding hydrogens is 214 g/mol. The van der Waals surface area contributed by atoms with Crippen molar-refractivity contribution < 1.29 is 0 Å². The lowest BCUT2D eigenvalue weighted by Crippen LogP contribution is -2.47. The van der Waals surface area contributed by atoms with Crippen molar-refractivity contribution in [3.8, 4) is 6.07 Å². The Hall–Kier alpha value is -1.67. The number of rotatable bonds is 3. The molecule has 1 saturated heterocycles. The Morgan fingerprint density at radius 1 is 1.35 bits per heavy atom. The Morgan fingerprint density at radius 2 is 2.12 bits per heavy atom. The highest BCUT2D eigenvalue weighted by Crippen LogP contribution is 2.11. The number of anilines is 1. The van der Waals surface area contributed by atoms with Crippen molar-refractivity contribution in [1.29, 1.82) is 5.26 Å². The summed E-state index contributed by atoms with van der Waals surface area (Å²) >= 11 is 0. The first-order valence-corrected chi connectivity index (χ1v) is 6.04. The minimum absolute atomic E-state index is 0.436. The minimum atomic E-state index is 0.436. The molecule has 2 rings (SSSR count). The van der Waals surface area contributed by atoms with Crippen molar-refractivity contribution in [2.45, 2.75) is 13.3 Å². The molecule has 0 amide bonds. The van der Waals surface area contributed by atoms with Gasteiger partial charge in [0.25, 0.3) is 0 Å². The molecule has 0 aliphatic carbocycles. The van der Waals surface area contributed by atoms with Crippen molar-refractivity contribution in [3.63, 3.8) is 0 Å². The molecule has 1 aliphatic rings. The van der Waals surface area contributed by atoms with Gasteiger partial charge in [-0.05, 0) is 19.0 Å². The van der Waals surface area contributed by atoms with Gasteiger partial charge in [-0.2, -0.15) is 5.26 Å². The predicted octanol–water partition coefficient (Wildman–Crippen LogP) is 0.880. The molecule has 1 fully saturated rings. The molecule has 0 saturated carbocycles. The third kappa shape index (κ3) is 2.92. The van der Waals surface area contributed by atoms with Crippen molar-refractivity contribution in [2.24, 2.45) is 0 Å². The summed E-state index contributed by atoms with van der Waals surface area (Å²) in [5, 5.41) is 8.81. The smallest absolute Gasteiger partial charge is 0.226 e. The maximum absolute atomic E-state index is 8.81. The number of nitrogens with zero attached hydrogens (tertiary/aromatic N) is 5. The van der Waals surface area contributed by atoms with Crippen LogP contribution in [0.3, 0.4) is 0 Å². The van der Waals surface area contributed by atoms with Crippen LogP contribution in [0.15, 0.2) is 12.3 Å². The maximum atomic E-state index is 8.81. The van der Waals surface area contributed by atoms with Crippen LogP contribution in [0.4, 0.5) is 5.95 Å². The van der Waals surface area contributed by atoms with Gasteiger partial charge in [-0.25, -0.2) is 9.97 Å². The van der Waals surface area contributed by atoms with Gasteiger partial charge in [0.05, 0.1) is 0 Å². The molecule has 1 aliphatic heterocycles. The summed E-state index contributed by atoms with van der Waals surface area (Å²) in [7, 11) is 0. The molecule has 17 heavy (non-hydrogen) atoms. The highest BCUT2D eigenvalue weighted by molar-refractivity contribution is 5.34. The van der Waals surface area contributed by atoms with E-state index in [2.05, 4.69) is 26.7 Å². The van der Waals surface area contributed by atoms with E-state index in [-0.39, 0.29) is 0 Å². The molecule has 0 atom stereocenters. The lowest BCUT2D eigenvalue weighted by Gasteiger charge is -2.34. The summed E-state index contributed by atoms with van der Waals surface area (Å²) in [5.41, 5.74) is 0.436. The summed E-state index contributed by atoms with van der Waals surface area (Å²) in [5.74, 6) is 0.681. The van der Waals surface area contributed by atoms with Gasteiger partial charge in [0.15, 0.2) is 0 Å². The lowest BCUT2D eigenvalue weighted by molar-refractivity contribution is 0.257. The van der Waals surface area contributed by atoms with Crippen LogP contribution >= 0.6 is 0 Å². The molecule has 0 unspecified atom stereocenters. The standard InChI is InChI=1S/C12H17N5/c1-2-5-16-6-8-17(9-7-16)12-14-4-3-11(10-13)15-12/h3-4H,2,5-9H2,1H3. The average molecular weight is 231 g/mol. The minimum Gasteiger partial charge on any atom is -0.338 e. The van der Waals surface area contributed by atoms with E-state index in [1.165, 1.54) is 6.42 Å². The summed E-state index contributed by atoms with van der Waals surface area (Å²) in [6.45, 7) is 7.34. The van der Waals surface area contributed by atoms with Crippen LogP contribution in [-0.4, -0.2) is 47.6 Å². The van der Waals surface area contributed by atoms with Crippen LogP contribution in [0.1, 0.15) is 19.0 Å². The summed E-state index contributed by atoms with van der Waals surface area (Å²) < 4.78 is 0. The number of piperazine rings is 1. The Bertz CT molecular complexity index is 404. The van der Waals surface area contributed by atoms with Crippen molar-refractivity contribution in [3.05, 3.63) is 18.0 Å². The van der Waals surface area contributed by atoms with E-state index in [0.717, 1.165) is 32.7 Å². The first-order chi connectivity index (χ1) is 8.33. The predicted molar refractivity (Wildman–Crippen MR) is 65.7 cm³/mol. The first-order valence-electron chi connectivity index (χ1n) is 6.04. The third-order valence-electron chi connectivity index (χ3n) is 2.95. The second kappa shape index (κ2) is 5.60. The van der Waals surface area contributed by atoms with Gasteiger partial charge in [-0.1, -0.05) is 6.92 Å². The highest BCUT2D eigenvalue weighted by Gasteiger charge is 2.18. The van der Waals surface area contributed by atoms with E-state index in [9.17, 15) is 0 Å². The van der Waals surface area contributed by atoms with Gasteiger partial charge < -0.3 is 4.90 Å². The van der Waals surface area contributed by atoms with E-state index in [0.29, 0.717) is 11.6 Å². The fourth-order valence-electron chi connectivity index (χ4n) is 2.05. The van der Waals surface area contributed by atoms with E-state index >= 15 is 0 Å². The zero-order chi connectivity index (χ0) is 12.1. The first kappa shape index (κ1) is 11.8. The third-order valence-corrected chi connectivity index (χ3v) is 2.95. The monoisotopic (exact) mass is 231 g/mol. The molecular formula is C12H17N5. The van der Waals surface area contributed by atoms with Gasteiger partial charge >= 0.3 is 0 Å². The Morgan fingerprint density at radius 3 is 2.76 bits per heavy atom. The maximum Gasteiger partial charge on any atom is 0.226 e. The van der Waals surface area contributed by atoms with Crippen LogP contribution in [0.5, 0.6) is 0 Å². The van der Waals surface area contributed by atoms with E-state index in [1.54, 1.807) is 12.3 Å². The molecule has 0 aromatic carbocycles. The van der Waals surface area contributed by atoms with Crippen LogP contribution in [-0.2, 0) is 0 Å². The van der Waals surface area contributed by atoms with Gasteiger partial charge in [0.1, 0.15) is 11.8 Å². The molecule has 0 bridgehead atoms. The van der Waals surface area contributed by atoms with E-state index in [4.69, 9.17) is 5.26 Å². The summed E-state index contributed by atoms with van der Waals surface area (Å²) in [6, 6.07) is 3.68. The normalized spacial score (nSPS) is 16.8. The molecule has 5 heteroatoms. The quantitative estimate of drug-likeness (QED) is 0.773. The van der Waals surface area contributed by atoms with Crippen LogP contribution in [0.2, 0.25) is 0 Å². The fraction of sp³-hybridized carbons (Fsp3) is 0.583. The second-order valence-corrected chi connectivity index (χ2v) is 4.18. The SMILES string of the molecule is CCCN1CCN(c2nccc(C#N)n2)CC1. The van der Waals surface area contributed by atoms with Gasteiger partial charge in [0.2, 0.25) is 5.95 Å². The second-order valence-electron chi connectivity index (χ2n) is 4.18. The molecule has 0 N–H and O–H groups in total. The van der Waals surface area contributed by atoms with Crippen molar-refractivity contribution in [2.75, 3.05) is 37.6 Å². The molecule has 2 heterocycles. The highest BCUT2D eigenvalue weighted by atomic mass is 15.3. The van der Waals surface area contributed by atoms with Gasteiger partial charge in [-0.15, -0.1) is 0 Å². The van der Waals surface area contributed by atoms with Crippen LogP contribution in [0.25, 0.3) is 0 Å². The number of hydrogen-bond acceptors (Lipinski definition) is 5. The lowest BCUT2D eigenvalue weighted by atomic mass is 10.3. The van der Waals surface area contributed by atoms with Gasteiger partial charge in [0, 0.05) is 32.4 Å². The Balaban J connectivity index is 1.98. The number of aromatic nitrogens is 2. The number of nitriles is 1. The van der Waals surface area contributed by atoms with Crippen molar-refractivity contribution in [1.82, 2.24) is 14.9 Å². The topological polar surface area (TPSA) is 56.0 Å². The largest absolute Gasteiger partial charge is 0.338 e. The van der Waals surface area contributed by atoms with E-state index in [1.807, 2.05) is 6.07 Å². The molecule has 0 radical (unpaired) electrons. The molecule has 1 aromatic heterocycles. The molecule has 1 aromatic rings. The van der Waals surface area contributed by atoms with Gasteiger partial charge in [-0.3, -0.25) is 4.90 Å². The molecule has 90 valence electrons. The fourth-order valence-corrected chi connectivity index (χ4v) is 2.05. The van der Waals surface area contributed by atoms with Crippen LogP contribution < -0.4 is 4.90 Å². The van der Waals surface area contributed by atoms with Crippen LogP contribution in [0, 0.1) is 11.3 Å². The zero-order valence-corrected chi connectivity index (χ0v) is 10.1. The zero-order valence-electron chi connectivity index (χ0n) is 10.1. The van der Waals surface area contributed by atoms with E-state index < -0.39 is 0 Å². The molecule has 5 nitrogen and oxygen atoms in total. The Kier molecular flexibility index (Phi) is 3.89. The summed E-state index contributed by atoms with van der Waals surface area (Å²) in [4.78, 5) is 13.0.